The molecule has 0 bridgehead atoms. The maximum atomic E-state index is 10.8. The zero-order valence-electron chi connectivity index (χ0n) is 8.05. The van der Waals surface area contributed by atoms with Gasteiger partial charge < -0.3 is 10.1 Å². The second-order valence-electron chi connectivity index (χ2n) is 2.62. The molecule has 0 heterocycles. The molecular weight excluding hydrogens is 170 g/mol. The van der Waals surface area contributed by atoms with E-state index in [9.17, 15) is 9.59 Å². The number of esters is 1. The molecule has 0 fully saturated rings. The molecule has 0 aliphatic carbocycles. The van der Waals surface area contributed by atoms with Crippen LogP contribution in [0.5, 0.6) is 0 Å². The van der Waals surface area contributed by atoms with E-state index in [1.54, 1.807) is 13.8 Å². The average Bonchev–Trinajstić information content (AvgIpc) is 2.11. The Labute approximate surface area is 79.4 Å². The summed E-state index contributed by atoms with van der Waals surface area (Å²) in [5.41, 5.74) is 0.363. The molecule has 0 atom stereocenters. The van der Waals surface area contributed by atoms with Crippen LogP contribution in [0, 0.1) is 0 Å². The van der Waals surface area contributed by atoms with Crippen molar-refractivity contribution >= 4 is 11.9 Å². The van der Waals surface area contributed by atoms with Crippen LogP contribution in [-0.2, 0) is 14.3 Å². The smallest absolute Gasteiger partial charge is 0.333 e. The van der Waals surface area contributed by atoms with Crippen molar-refractivity contribution in [1.82, 2.24) is 5.32 Å². The molecule has 0 aromatic carbocycles. The molecule has 76 valence electrons. The SMILES string of the molecule is C=C(C)C(=O)OCCNC(=O)CC.[HH]. The summed E-state index contributed by atoms with van der Waals surface area (Å²) in [6, 6.07) is 0. The van der Waals surface area contributed by atoms with Gasteiger partial charge >= 0.3 is 5.97 Å². The molecule has 13 heavy (non-hydrogen) atoms. The fourth-order valence-corrected chi connectivity index (χ4v) is 0.582. The highest BCUT2D eigenvalue weighted by Gasteiger charge is 2.02. The first-order valence-electron chi connectivity index (χ1n) is 4.17. The normalized spacial score (nSPS) is 9.08. The number of rotatable bonds is 5. The van der Waals surface area contributed by atoms with E-state index in [1.165, 1.54) is 0 Å². The summed E-state index contributed by atoms with van der Waals surface area (Å²) < 4.78 is 4.75. The van der Waals surface area contributed by atoms with E-state index in [0.29, 0.717) is 18.5 Å². The Morgan fingerprint density at radius 1 is 1.54 bits per heavy atom. The van der Waals surface area contributed by atoms with Gasteiger partial charge in [0.1, 0.15) is 6.61 Å². The van der Waals surface area contributed by atoms with Gasteiger partial charge in [-0.2, -0.15) is 0 Å². The molecule has 0 saturated carbocycles. The molecule has 0 unspecified atom stereocenters. The van der Waals surface area contributed by atoms with Crippen LogP contribution < -0.4 is 5.32 Å². The average molecular weight is 187 g/mol. The Morgan fingerprint density at radius 2 is 2.15 bits per heavy atom. The Morgan fingerprint density at radius 3 is 2.62 bits per heavy atom. The van der Waals surface area contributed by atoms with E-state index in [1.807, 2.05) is 0 Å². The fraction of sp³-hybridized carbons (Fsp3) is 0.556. The lowest BCUT2D eigenvalue weighted by molar-refractivity contribution is -0.139. The topological polar surface area (TPSA) is 55.4 Å². The van der Waals surface area contributed by atoms with Crippen LogP contribution in [-0.4, -0.2) is 25.0 Å². The third kappa shape index (κ3) is 5.90. The Bertz CT molecular complexity index is 216. The lowest BCUT2D eigenvalue weighted by atomic mass is 10.4. The number of nitrogens with one attached hydrogen (secondary N) is 1. The predicted octanol–water partition coefficient (Wildman–Crippen LogP) is 0.878. The number of hydrogen-bond donors (Lipinski definition) is 1. The molecule has 0 aromatic heterocycles. The van der Waals surface area contributed by atoms with Crippen molar-refractivity contribution in [3.63, 3.8) is 0 Å². The van der Waals surface area contributed by atoms with Crippen LogP contribution in [0.4, 0.5) is 0 Å². The summed E-state index contributed by atoms with van der Waals surface area (Å²) in [4.78, 5) is 21.5. The van der Waals surface area contributed by atoms with Crippen LogP contribution in [0.1, 0.15) is 21.7 Å². The second-order valence-corrected chi connectivity index (χ2v) is 2.62. The van der Waals surface area contributed by atoms with Crippen molar-refractivity contribution in [2.75, 3.05) is 13.2 Å². The van der Waals surface area contributed by atoms with Crippen molar-refractivity contribution in [3.8, 4) is 0 Å². The largest absolute Gasteiger partial charge is 0.460 e. The zero-order valence-corrected chi connectivity index (χ0v) is 8.05. The van der Waals surface area contributed by atoms with Gasteiger partial charge in [-0.15, -0.1) is 0 Å². The summed E-state index contributed by atoms with van der Waals surface area (Å²) >= 11 is 0. The van der Waals surface area contributed by atoms with Gasteiger partial charge in [-0.3, -0.25) is 4.79 Å². The van der Waals surface area contributed by atoms with Gasteiger partial charge in [0, 0.05) is 13.4 Å². The van der Waals surface area contributed by atoms with Gasteiger partial charge in [0.2, 0.25) is 5.91 Å². The van der Waals surface area contributed by atoms with E-state index in [4.69, 9.17) is 4.74 Å². The molecule has 0 radical (unpaired) electrons. The number of carbonyl (C=O) groups is 2. The first-order valence-corrected chi connectivity index (χ1v) is 4.17. The standard InChI is InChI=1S/C9H15NO3.H2/c1-4-8(11)10-5-6-13-9(12)7(2)3;/h2,4-6H2,1,3H3,(H,10,11);1H. The molecule has 1 N–H and O–H groups in total. The number of amides is 1. The van der Waals surface area contributed by atoms with E-state index < -0.39 is 5.97 Å². The number of carbonyl (C=O) groups excluding carboxylic acids is 2. The summed E-state index contributed by atoms with van der Waals surface area (Å²) in [6.45, 7) is 7.30. The second kappa shape index (κ2) is 6.22. The first kappa shape index (κ1) is 11.7. The van der Waals surface area contributed by atoms with Gasteiger partial charge in [0.25, 0.3) is 0 Å². The van der Waals surface area contributed by atoms with Crippen LogP contribution >= 0.6 is 0 Å². The first-order chi connectivity index (χ1) is 6.07. The Balaban J connectivity index is 0. The minimum Gasteiger partial charge on any atom is -0.460 e. The monoisotopic (exact) mass is 187 g/mol. The van der Waals surface area contributed by atoms with E-state index >= 15 is 0 Å². The van der Waals surface area contributed by atoms with Gasteiger partial charge in [-0.25, -0.2) is 4.79 Å². The van der Waals surface area contributed by atoms with Crippen molar-refractivity contribution in [2.45, 2.75) is 20.3 Å². The molecule has 1 amide bonds. The molecule has 0 spiro atoms. The van der Waals surface area contributed by atoms with Crippen LogP contribution in [0.15, 0.2) is 12.2 Å². The molecule has 4 nitrogen and oxygen atoms in total. The van der Waals surface area contributed by atoms with Crippen LogP contribution in [0.3, 0.4) is 0 Å². The molecular formula is C9H17NO3. The lowest BCUT2D eigenvalue weighted by Crippen LogP contribution is -2.27. The molecule has 0 rings (SSSR count). The van der Waals surface area contributed by atoms with Crippen molar-refractivity contribution in [1.29, 1.82) is 0 Å². The Hall–Kier alpha value is -1.32. The van der Waals surface area contributed by atoms with E-state index in [0.717, 1.165) is 0 Å². The molecule has 0 saturated heterocycles. The Kier molecular flexibility index (Phi) is 5.59. The van der Waals surface area contributed by atoms with Crippen LogP contribution in [0.2, 0.25) is 0 Å². The van der Waals surface area contributed by atoms with Gasteiger partial charge in [0.05, 0.1) is 6.54 Å². The summed E-state index contributed by atoms with van der Waals surface area (Å²) in [6.07, 6.45) is 0.439. The van der Waals surface area contributed by atoms with E-state index in [2.05, 4.69) is 11.9 Å². The number of hydrogen-bond acceptors (Lipinski definition) is 3. The highest BCUT2D eigenvalue weighted by atomic mass is 16.5. The summed E-state index contributed by atoms with van der Waals surface area (Å²) in [5, 5.41) is 2.58. The van der Waals surface area contributed by atoms with Crippen LogP contribution in [0.25, 0.3) is 0 Å². The van der Waals surface area contributed by atoms with Crippen molar-refractivity contribution in [2.24, 2.45) is 0 Å². The molecule has 4 heteroatoms. The summed E-state index contributed by atoms with van der Waals surface area (Å²) in [7, 11) is 0. The van der Waals surface area contributed by atoms with Crippen molar-refractivity contribution in [3.05, 3.63) is 12.2 Å². The molecule has 0 aliphatic heterocycles. The highest BCUT2D eigenvalue weighted by molar-refractivity contribution is 5.86. The van der Waals surface area contributed by atoms with E-state index in [-0.39, 0.29) is 13.9 Å². The van der Waals surface area contributed by atoms with Gasteiger partial charge in [-0.05, 0) is 6.92 Å². The fourth-order valence-electron chi connectivity index (χ4n) is 0.582. The highest BCUT2D eigenvalue weighted by Crippen LogP contribution is 1.90. The maximum absolute atomic E-state index is 10.8. The predicted molar refractivity (Wildman–Crippen MR) is 51.2 cm³/mol. The van der Waals surface area contributed by atoms with Gasteiger partial charge in [-0.1, -0.05) is 13.5 Å². The number of ether oxygens (including phenoxy) is 1. The molecule has 0 aromatic rings. The maximum Gasteiger partial charge on any atom is 0.333 e. The minimum atomic E-state index is -0.425. The third-order valence-corrected chi connectivity index (χ3v) is 1.33. The zero-order chi connectivity index (χ0) is 10.3. The van der Waals surface area contributed by atoms with Gasteiger partial charge in [0.15, 0.2) is 0 Å². The minimum absolute atomic E-state index is 0. The third-order valence-electron chi connectivity index (χ3n) is 1.33. The molecule has 0 aliphatic rings. The quantitative estimate of drug-likeness (QED) is 0.395. The lowest BCUT2D eigenvalue weighted by Gasteiger charge is -2.04. The van der Waals surface area contributed by atoms with Crippen molar-refractivity contribution < 1.29 is 15.8 Å². The summed E-state index contributed by atoms with van der Waals surface area (Å²) in [5.74, 6) is -0.475.